The van der Waals surface area contributed by atoms with Gasteiger partial charge in [0.15, 0.2) is 5.78 Å². The Labute approximate surface area is 159 Å². The van der Waals surface area contributed by atoms with Crippen molar-refractivity contribution in [1.82, 2.24) is 5.32 Å². The van der Waals surface area contributed by atoms with Crippen LogP contribution in [0.4, 0.5) is 5.69 Å². The van der Waals surface area contributed by atoms with E-state index in [1.165, 1.54) is 12.1 Å². The molecule has 0 saturated heterocycles. The molecule has 0 fully saturated rings. The SMILES string of the molecule is Cl.O=C(c1ccc(Br)cc1)C1CN=C(c2cccc([N+](=O)[O-])c2)NC1. The maximum atomic E-state index is 12.5. The third-order valence-corrected chi connectivity index (χ3v) is 4.34. The summed E-state index contributed by atoms with van der Waals surface area (Å²) in [6.45, 7) is 0.816. The summed E-state index contributed by atoms with van der Waals surface area (Å²) in [7, 11) is 0. The quantitative estimate of drug-likeness (QED) is 0.461. The van der Waals surface area contributed by atoms with E-state index in [9.17, 15) is 14.9 Å². The van der Waals surface area contributed by atoms with Crippen LogP contribution in [0.15, 0.2) is 58.0 Å². The number of rotatable bonds is 4. The zero-order valence-corrected chi connectivity index (χ0v) is 15.4. The largest absolute Gasteiger partial charge is 0.369 e. The number of hydrogen-bond acceptors (Lipinski definition) is 5. The average molecular weight is 425 g/mol. The maximum Gasteiger partial charge on any atom is 0.270 e. The number of nitrogens with one attached hydrogen (secondary N) is 1. The smallest absolute Gasteiger partial charge is 0.270 e. The van der Waals surface area contributed by atoms with Gasteiger partial charge < -0.3 is 5.32 Å². The zero-order chi connectivity index (χ0) is 17.1. The molecular formula is C17H15BrClN3O3. The molecule has 130 valence electrons. The van der Waals surface area contributed by atoms with E-state index in [0.717, 1.165) is 4.47 Å². The summed E-state index contributed by atoms with van der Waals surface area (Å²) in [5, 5.41) is 14.0. The number of hydrogen-bond donors (Lipinski definition) is 1. The Morgan fingerprint density at radius 3 is 2.56 bits per heavy atom. The molecule has 2 aromatic rings. The lowest BCUT2D eigenvalue weighted by atomic mass is 9.96. The number of nitro groups is 1. The molecule has 0 saturated carbocycles. The number of halogens is 2. The van der Waals surface area contributed by atoms with Gasteiger partial charge in [0.1, 0.15) is 5.84 Å². The van der Waals surface area contributed by atoms with E-state index < -0.39 is 4.92 Å². The van der Waals surface area contributed by atoms with E-state index in [2.05, 4.69) is 26.2 Å². The summed E-state index contributed by atoms with van der Waals surface area (Å²) < 4.78 is 0.923. The highest BCUT2D eigenvalue weighted by atomic mass is 79.9. The summed E-state index contributed by atoms with van der Waals surface area (Å²) in [6, 6.07) is 13.5. The Morgan fingerprint density at radius 2 is 1.96 bits per heavy atom. The van der Waals surface area contributed by atoms with Crippen molar-refractivity contribution < 1.29 is 9.72 Å². The van der Waals surface area contributed by atoms with Gasteiger partial charge in [-0.3, -0.25) is 19.9 Å². The van der Waals surface area contributed by atoms with E-state index in [-0.39, 0.29) is 29.8 Å². The van der Waals surface area contributed by atoms with Gasteiger partial charge in [-0.05, 0) is 12.1 Å². The normalized spacial score (nSPS) is 16.2. The van der Waals surface area contributed by atoms with Crippen LogP contribution in [0.25, 0.3) is 0 Å². The van der Waals surface area contributed by atoms with Crippen LogP contribution in [0, 0.1) is 16.0 Å². The minimum absolute atomic E-state index is 0. The van der Waals surface area contributed by atoms with Crippen LogP contribution in [0.5, 0.6) is 0 Å². The molecule has 0 spiro atoms. The Balaban J connectivity index is 0.00000225. The molecule has 25 heavy (non-hydrogen) atoms. The predicted molar refractivity (Wildman–Crippen MR) is 102 cm³/mol. The third kappa shape index (κ3) is 4.43. The average Bonchev–Trinajstić information content (AvgIpc) is 2.62. The van der Waals surface area contributed by atoms with Gasteiger partial charge >= 0.3 is 0 Å². The van der Waals surface area contributed by atoms with Gasteiger partial charge in [-0.2, -0.15) is 0 Å². The third-order valence-electron chi connectivity index (χ3n) is 3.82. The number of aliphatic imine (C=N–C) groups is 1. The van der Waals surface area contributed by atoms with Gasteiger partial charge in [0.25, 0.3) is 5.69 Å². The van der Waals surface area contributed by atoms with Crippen LogP contribution < -0.4 is 5.32 Å². The van der Waals surface area contributed by atoms with E-state index >= 15 is 0 Å². The molecule has 2 aromatic carbocycles. The molecule has 0 aromatic heterocycles. The highest BCUT2D eigenvalue weighted by Gasteiger charge is 2.24. The second-order valence-electron chi connectivity index (χ2n) is 5.45. The number of nitrogens with zero attached hydrogens (tertiary/aromatic N) is 2. The van der Waals surface area contributed by atoms with Crippen molar-refractivity contribution >= 4 is 45.6 Å². The lowest BCUT2D eigenvalue weighted by Gasteiger charge is -2.22. The molecule has 6 nitrogen and oxygen atoms in total. The van der Waals surface area contributed by atoms with E-state index in [1.54, 1.807) is 24.3 Å². The van der Waals surface area contributed by atoms with Crippen LogP contribution in [-0.4, -0.2) is 29.6 Å². The number of carbonyl (C=O) groups is 1. The van der Waals surface area contributed by atoms with Gasteiger partial charge in [-0.15, -0.1) is 12.4 Å². The minimum atomic E-state index is -0.438. The van der Waals surface area contributed by atoms with Crippen LogP contribution in [0.3, 0.4) is 0 Å². The van der Waals surface area contributed by atoms with Crippen LogP contribution in [0.2, 0.25) is 0 Å². The van der Waals surface area contributed by atoms with E-state index in [0.29, 0.717) is 30.1 Å². The van der Waals surface area contributed by atoms with E-state index in [4.69, 9.17) is 0 Å². The van der Waals surface area contributed by atoms with Crippen LogP contribution in [-0.2, 0) is 0 Å². The predicted octanol–water partition coefficient (Wildman–Crippen LogP) is 3.63. The Bertz CT molecular complexity index is 824. The molecule has 1 N–H and O–H groups in total. The summed E-state index contributed by atoms with van der Waals surface area (Å²) in [5.41, 5.74) is 1.32. The first-order chi connectivity index (χ1) is 11.5. The molecular weight excluding hydrogens is 410 g/mol. The second kappa shape index (κ2) is 8.22. The first-order valence-corrected chi connectivity index (χ1v) is 8.17. The lowest BCUT2D eigenvalue weighted by Crippen LogP contribution is -2.39. The van der Waals surface area contributed by atoms with Crippen LogP contribution in [0.1, 0.15) is 15.9 Å². The number of nitro benzene ring substituents is 1. The topological polar surface area (TPSA) is 84.6 Å². The highest BCUT2D eigenvalue weighted by Crippen LogP contribution is 2.18. The van der Waals surface area contributed by atoms with Gasteiger partial charge in [-0.1, -0.05) is 40.2 Å². The number of Topliss-reactive ketones (excluding diaryl/α,β-unsaturated/α-hetero) is 1. The summed E-state index contributed by atoms with van der Waals surface area (Å²) in [4.78, 5) is 27.3. The first kappa shape index (κ1) is 19.1. The van der Waals surface area contributed by atoms with Gasteiger partial charge in [-0.25, -0.2) is 0 Å². The molecule has 3 rings (SSSR count). The Kier molecular flexibility index (Phi) is 6.27. The fourth-order valence-electron chi connectivity index (χ4n) is 2.53. The Hall–Kier alpha value is -2.25. The molecule has 1 atom stereocenters. The minimum Gasteiger partial charge on any atom is -0.369 e. The zero-order valence-electron chi connectivity index (χ0n) is 13.0. The highest BCUT2D eigenvalue weighted by molar-refractivity contribution is 9.10. The van der Waals surface area contributed by atoms with Crippen molar-refractivity contribution in [3.63, 3.8) is 0 Å². The first-order valence-electron chi connectivity index (χ1n) is 7.37. The van der Waals surface area contributed by atoms with Crippen molar-refractivity contribution in [2.75, 3.05) is 13.1 Å². The number of benzene rings is 2. The fourth-order valence-corrected chi connectivity index (χ4v) is 2.79. The number of non-ortho nitro benzene ring substituents is 1. The van der Waals surface area contributed by atoms with Crippen molar-refractivity contribution in [3.8, 4) is 0 Å². The maximum absolute atomic E-state index is 12.5. The fraction of sp³-hybridized carbons (Fsp3) is 0.176. The van der Waals surface area contributed by atoms with Crippen molar-refractivity contribution in [1.29, 1.82) is 0 Å². The monoisotopic (exact) mass is 423 g/mol. The summed E-state index contributed by atoms with van der Waals surface area (Å²) in [5.74, 6) is 0.379. The van der Waals surface area contributed by atoms with Crippen molar-refractivity contribution in [2.45, 2.75) is 0 Å². The van der Waals surface area contributed by atoms with Crippen molar-refractivity contribution in [2.24, 2.45) is 10.9 Å². The van der Waals surface area contributed by atoms with Crippen molar-refractivity contribution in [3.05, 3.63) is 74.2 Å². The molecule has 0 aliphatic carbocycles. The van der Waals surface area contributed by atoms with Gasteiger partial charge in [0, 0.05) is 34.3 Å². The Morgan fingerprint density at radius 1 is 1.24 bits per heavy atom. The number of carbonyl (C=O) groups excluding carboxylic acids is 1. The molecule has 1 heterocycles. The molecule has 8 heteroatoms. The summed E-state index contributed by atoms with van der Waals surface area (Å²) >= 11 is 3.35. The number of ketones is 1. The lowest BCUT2D eigenvalue weighted by molar-refractivity contribution is -0.384. The molecule has 1 aliphatic rings. The standard InChI is InChI=1S/C17H14BrN3O3.ClH/c18-14-6-4-11(5-7-14)16(22)13-9-19-17(20-10-13)12-2-1-3-15(8-12)21(23)24;/h1-8,13H,9-10H2,(H,19,20);1H. The van der Waals surface area contributed by atoms with Crippen LogP contribution >= 0.6 is 28.3 Å². The van der Waals surface area contributed by atoms with Gasteiger partial charge in [0.2, 0.25) is 0 Å². The molecule has 0 amide bonds. The number of amidine groups is 1. The van der Waals surface area contributed by atoms with Gasteiger partial charge in [0.05, 0.1) is 17.4 Å². The van der Waals surface area contributed by atoms with E-state index in [1.807, 2.05) is 12.1 Å². The molecule has 0 bridgehead atoms. The second-order valence-corrected chi connectivity index (χ2v) is 6.36. The molecule has 0 radical (unpaired) electrons. The molecule has 1 aliphatic heterocycles. The summed E-state index contributed by atoms with van der Waals surface area (Å²) in [6.07, 6.45) is 0. The molecule has 1 unspecified atom stereocenters.